The lowest BCUT2D eigenvalue weighted by atomic mass is 10.0. The molecule has 2 N–H and O–H groups in total. The van der Waals surface area contributed by atoms with E-state index in [0.29, 0.717) is 17.1 Å². The summed E-state index contributed by atoms with van der Waals surface area (Å²) < 4.78 is 24.3. The number of likely N-dealkylation sites (tertiary alicyclic amines) is 1. The lowest BCUT2D eigenvalue weighted by Crippen LogP contribution is -2.44. The second-order valence-electron chi connectivity index (χ2n) is 7.18. The van der Waals surface area contributed by atoms with E-state index in [1.165, 1.54) is 13.2 Å². The minimum Gasteiger partial charge on any atom is -0.494 e. The highest BCUT2D eigenvalue weighted by Crippen LogP contribution is 2.29. The van der Waals surface area contributed by atoms with Gasteiger partial charge in [-0.1, -0.05) is 23.7 Å². The average Bonchev–Trinajstić information content (AvgIpc) is 2.74. The van der Waals surface area contributed by atoms with Gasteiger partial charge in [0.2, 0.25) is 0 Å². The zero-order valence-electron chi connectivity index (χ0n) is 16.9. The van der Waals surface area contributed by atoms with Gasteiger partial charge in [-0.05, 0) is 42.7 Å². The van der Waals surface area contributed by atoms with Gasteiger partial charge >= 0.3 is 0 Å². The Balaban J connectivity index is 1.54. The molecule has 2 aromatic carbocycles. The average molecular weight is 437 g/mol. The number of para-hydroxylation sites is 1. The Bertz CT molecular complexity index is 872. The van der Waals surface area contributed by atoms with Crippen LogP contribution in [0.2, 0.25) is 5.02 Å². The summed E-state index contributed by atoms with van der Waals surface area (Å²) in [6.45, 7) is 2.14. The van der Waals surface area contributed by atoms with Crippen LogP contribution in [0.4, 0.5) is 4.39 Å². The van der Waals surface area contributed by atoms with Crippen LogP contribution in [0.5, 0.6) is 11.5 Å². The maximum atomic E-state index is 13.9. The lowest BCUT2D eigenvalue weighted by molar-refractivity contribution is 0.0903. The summed E-state index contributed by atoms with van der Waals surface area (Å²) in [6.07, 6.45) is 1.58. The van der Waals surface area contributed by atoms with E-state index in [1.807, 2.05) is 6.07 Å². The Morgan fingerprint density at radius 2 is 2.07 bits per heavy atom. The van der Waals surface area contributed by atoms with Crippen molar-refractivity contribution in [2.75, 3.05) is 33.4 Å². The molecular weight excluding hydrogens is 411 g/mol. The molecule has 1 fully saturated rings. The number of aliphatic hydroxyl groups is 1. The zero-order valence-corrected chi connectivity index (χ0v) is 17.6. The monoisotopic (exact) mass is 436 g/mol. The number of rotatable bonds is 8. The van der Waals surface area contributed by atoms with Gasteiger partial charge in [-0.25, -0.2) is 4.39 Å². The molecule has 30 heavy (non-hydrogen) atoms. The van der Waals surface area contributed by atoms with Crippen LogP contribution in [0.25, 0.3) is 0 Å². The Hall–Kier alpha value is -2.35. The van der Waals surface area contributed by atoms with Crippen molar-refractivity contribution < 1.29 is 23.8 Å². The van der Waals surface area contributed by atoms with Crippen molar-refractivity contribution in [1.82, 2.24) is 10.2 Å². The number of nitrogens with zero attached hydrogens (tertiary/aromatic N) is 1. The number of methoxy groups -OCH3 is 1. The first-order chi connectivity index (χ1) is 14.5. The Morgan fingerprint density at radius 3 is 2.73 bits per heavy atom. The highest BCUT2D eigenvalue weighted by Gasteiger charge is 2.23. The number of hydrogen-bond donors (Lipinski definition) is 2. The number of amides is 1. The van der Waals surface area contributed by atoms with Crippen molar-refractivity contribution in [3.63, 3.8) is 0 Å². The van der Waals surface area contributed by atoms with E-state index in [0.717, 1.165) is 31.5 Å². The van der Waals surface area contributed by atoms with E-state index < -0.39 is 0 Å². The van der Waals surface area contributed by atoms with Crippen LogP contribution in [-0.2, 0) is 6.54 Å². The molecule has 3 rings (SSSR count). The quantitative estimate of drug-likeness (QED) is 0.664. The van der Waals surface area contributed by atoms with Crippen molar-refractivity contribution in [3.8, 4) is 11.5 Å². The van der Waals surface area contributed by atoms with Crippen LogP contribution in [0.1, 0.15) is 28.8 Å². The highest BCUT2D eigenvalue weighted by molar-refractivity contribution is 6.32. The van der Waals surface area contributed by atoms with Gasteiger partial charge in [-0.2, -0.15) is 0 Å². The molecule has 0 atom stereocenters. The second kappa shape index (κ2) is 10.6. The molecule has 1 aliphatic heterocycles. The Kier molecular flexibility index (Phi) is 7.90. The number of ether oxygens (including phenoxy) is 2. The third-order valence-electron chi connectivity index (χ3n) is 5.09. The fourth-order valence-electron chi connectivity index (χ4n) is 3.55. The highest BCUT2D eigenvalue weighted by atomic mass is 35.5. The van der Waals surface area contributed by atoms with Crippen molar-refractivity contribution in [2.24, 2.45) is 0 Å². The fraction of sp³-hybridized carbons (Fsp3) is 0.409. The van der Waals surface area contributed by atoms with Crippen LogP contribution in [0.15, 0.2) is 36.4 Å². The molecule has 0 spiro atoms. The summed E-state index contributed by atoms with van der Waals surface area (Å²) in [5, 5.41) is 12.4. The summed E-state index contributed by atoms with van der Waals surface area (Å²) in [7, 11) is 1.45. The standard InChI is InChI=1S/C22H26ClFN2O4/c1-29-20-6-5-15(13-19(20)24)14-26-9-7-16(8-10-26)25-22(28)17-3-2-4-18(23)21(17)30-12-11-27/h2-6,13,16,27H,7-12,14H2,1H3,(H,25,28). The first-order valence-electron chi connectivity index (χ1n) is 9.89. The molecule has 8 heteroatoms. The molecule has 0 bridgehead atoms. The predicted octanol–water partition coefficient (Wildman–Crippen LogP) is 3.25. The number of aliphatic hydroxyl groups excluding tert-OH is 1. The number of carbonyl (C=O) groups is 1. The molecule has 162 valence electrons. The normalized spacial score (nSPS) is 15.1. The summed E-state index contributed by atoms with van der Waals surface area (Å²) in [5.41, 5.74) is 1.24. The summed E-state index contributed by atoms with van der Waals surface area (Å²) >= 11 is 6.15. The van der Waals surface area contributed by atoms with Crippen molar-refractivity contribution in [2.45, 2.75) is 25.4 Å². The smallest absolute Gasteiger partial charge is 0.255 e. The van der Waals surface area contributed by atoms with Gasteiger partial charge in [0.1, 0.15) is 6.61 Å². The number of carbonyl (C=O) groups excluding carboxylic acids is 1. The van der Waals surface area contributed by atoms with Gasteiger partial charge in [0.05, 0.1) is 24.3 Å². The van der Waals surface area contributed by atoms with E-state index in [-0.39, 0.29) is 42.5 Å². The summed E-state index contributed by atoms with van der Waals surface area (Å²) in [4.78, 5) is 15.0. The molecule has 0 unspecified atom stereocenters. The Labute approximate surface area is 180 Å². The largest absolute Gasteiger partial charge is 0.494 e. The van der Waals surface area contributed by atoms with Gasteiger partial charge in [-0.15, -0.1) is 0 Å². The molecular formula is C22H26ClFN2O4. The Morgan fingerprint density at radius 1 is 1.30 bits per heavy atom. The van der Waals surface area contributed by atoms with E-state index >= 15 is 0 Å². The van der Waals surface area contributed by atoms with Crippen molar-refractivity contribution in [1.29, 1.82) is 0 Å². The van der Waals surface area contributed by atoms with Gasteiger partial charge in [0, 0.05) is 25.7 Å². The van der Waals surface area contributed by atoms with Gasteiger partial charge in [-0.3, -0.25) is 9.69 Å². The maximum Gasteiger partial charge on any atom is 0.255 e. The van der Waals surface area contributed by atoms with Gasteiger partial charge in [0.25, 0.3) is 5.91 Å². The van der Waals surface area contributed by atoms with E-state index in [1.54, 1.807) is 24.3 Å². The van der Waals surface area contributed by atoms with Crippen LogP contribution in [-0.4, -0.2) is 55.4 Å². The number of nitrogens with one attached hydrogen (secondary N) is 1. The minimum atomic E-state index is -0.363. The number of benzene rings is 2. The molecule has 0 aromatic heterocycles. The number of halogens is 2. The minimum absolute atomic E-state index is 0.0334. The van der Waals surface area contributed by atoms with Crippen molar-refractivity contribution in [3.05, 3.63) is 58.4 Å². The van der Waals surface area contributed by atoms with Crippen LogP contribution >= 0.6 is 11.6 Å². The molecule has 0 saturated carbocycles. The van der Waals surface area contributed by atoms with Crippen molar-refractivity contribution >= 4 is 17.5 Å². The van der Waals surface area contributed by atoms with Crippen LogP contribution in [0.3, 0.4) is 0 Å². The second-order valence-corrected chi connectivity index (χ2v) is 7.59. The number of piperidine rings is 1. The van der Waals surface area contributed by atoms with E-state index in [9.17, 15) is 9.18 Å². The molecule has 0 aliphatic carbocycles. The molecule has 1 aliphatic rings. The molecule has 0 radical (unpaired) electrons. The SMILES string of the molecule is COc1ccc(CN2CCC(NC(=O)c3cccc(Cl)c3OCCO)CC2)cc1F. The van der Waals surface area contributed by atoms with Gasteiger partial charge in [0.15, 0.2) is 17.3 Å². The molecule has 1 heterocycles. The summed E-state index contributed by atoms with van der Waals surface area (Å²) in [5.74, 6) is -0.0905. The first kappa shape index (κ1) is 22.3. The lowest BCUT2D eigenvalue weighted by Gasteiger charge is -2.32. The third-order valence-corrected chi connectivity index (χ3v) is 5.39. The van der Waals surface area contributed by atoms with Crippen LogP contribution in [0, 0.1) is 5.82 Å². The fourth-order valence-corrected chi connectivity index (χ4v) is 3.78. The zero-order chi connectivity index (χ0) is 21.5. The molecule has 2 aromatic rings. The maximum absolute atomic E-state index is 13.9. The van der Waals surface area contributed by atoms with Gasteiger partial charge < -0.3 is 19.9 Å². The van der Waals surface area contributed by atoms with E-state index in [2.05, 4.69) is 10.2 Å². The molecule has 1 saturated heterocycles. The first-order valence-corrected chi connectivity index (χ1v) is 10.3. The van der Waals surface area contributed by atoms with E-state index in [4.69, 9.17) is 26.2 Å². The summed E-state index contributed by atoms with van der Waals surface area (Å²) in [6, 6.07) is 10.0. The predicted molar refractivity (Wildman–Crippen MR) is 113 cm³/mol. The number of hydrogen-bond acceptors (Lipinski definition) is 5. The third kappa shape index (κ3) is 5.62. The molecule has 1 amide bonds. The topological polar surface area (TPSA) is 71.0 Å². The van der Waals surface area contributed by atoms with Crippen LogP contribution < -0.4 is 14.8 Å². The molecule has 6 nitrogen and oxygen atoms in total.